The fraction of sp³-hybridized carbons (Fsp3) is 0.800. The third-order valence-corrected chi connectivity index (χ3v) is 3.12. The number of piperidine rings is 1. The molecule has 2 fully saturated rings. The molecule has 4 atom stereocenters. The van der Waals surface area contributed by atoms with Gasteiger partial charge in [-0.05, 0) is 6.42 Å². The minimum Gasteiger partial charge on any atom is -0.469 e. The zero-order chi connectivity index (χ0) is 10.8. The predicted molar refractivity (Wildman–Crippen MR) is 50.8 cm³/mol. The maximum absolute atomic E-state index is 11.5. The third-order valence-electron chi connectivity index (χ3n) is 3.12. The van der Waals surface area contributed by atoms with Gasteiger partial charge < -0.3 is 14.8 Å². The van der Waals surface area contributed by atoms with Crippen LogP contribution in [0.3, 0.4) is 0 Å². The third kappa shape index (κ3) is 1.83. The van der Waals surface area contributed by atoms with Gasteiger partial charge in [-0.15, -0.1) is 0 Å². The molecule has 4 unspecified atom stereocenters. The van der Waals surface area contributed by atoms with Gasteiger partial charge in [0.05, 0.1) is 25.2 Å². The zero-order valence-corrected chi connectivity index (χ0v) is 8.60. The van der Waals surface area contributed by atoms with Gasteiger partial charge in [0.15, 0.2) is 0 Å². The molecule has 5 heteroatoms. The lowest BCUT2D eigenvalue weighted by atomic mass is 9.86. The maximum atomic E-state index is 11.5. The van der Waals surface area contributed by atoms with E-state index in [1.807, 2.05) is 0 Å². The Balaban J connectivity index is 2.09. The Morgan fingerprint density at radius 2 is 2.40 bits per heavy atom. The van der Waals surface area contributed by atoms with Gasteiger partial charge in [0.1, 0.15) is 6.10 Å². The number of rotatable bonds is 1. The van der Waals surface area contributed by atoms with Gasteiger partial charge in [-0.3, -0.25) is 4.79 Å². The van der Waals surface area contributed by atoms with Crippen molar-refractivity contribution < 1.29 is 14.3 Å². The van der Waals surface area contributed by atoms with E-state index in [4.69, 9.17) is 14.7 Å². The number of nitrogens with zero attached hydrogens (tertiary/aromatic N) is 1. The lowest BCUT2D eigenvalue weighted by molar-refractivity contribution is -0.152. The Bertz CT molecular complexity index is 300. The van der Waals surface area contributed by atoms with E-state index in [-0.39, 0.29) is 30.0 Å². The van der Waals surface area contributed by atoms with Crippen molar-refractivity contribution >= 4 is 5.97 Å². The molecule has 15 heavy (non-hydrogen) atoms. The first kappa shape index (κ1) is 10.4. The number of ether oxygens (including phenoxy) is 2. The van der Waals surface area contributed by atoms with Crippen molar-refractivity contribution in [3.8, 4) is 6.07 Å². The summed E-state index contributed by atoms with van der Waals surface area (Å²) in [7, 11) is 1.38. The van der Waals surface area contributed by atoms with E-state index in [0.717, 1.165) is 6.54 Å². The summed E-state index contributed by atoms with van der Waals surface area (Å²) in [5.74, 6) is -0.268. The van der Waals surface area contributed by atoms with Crippen molar-refractivity contribution in [1.82, 2.24) is 5.32 Å². The van der Waals surface area contributed by atoms with E-state index >= 15 is 0 Å². The molecule has 2 aliphatic rings. The number of carbonyl (C=O) groups is 1. The van der Waals surface area contributed by atoms with Crippen LogP contribution in [0.5, 0.6) is 0 Å². The summed E-state index contributed by atoms with van der Waals surface area (Å²) < 4.78 is 10.3. The molecule has 0 radical (unpaired) electrons. The summed E-state index contributed by atoms with van der Waals surface area (Å²) in [6.45, 7) is 1.39. The standard InChI is InChI=1S/C10H14N2O3/c1-14-10(13)8-5-12-4-6-2-7(3-11)15-9(6)8/h6-9,12H,2,4-5H2,1H3. The van der Waals surface area contributed by atoms with Gasteiger partial charge in [0, 0.05) is 19.0 Å². The molecule has 0 amide bonds. The molecule has 0 bridgehead atoms. The first-order valence-electron chi connectivity index (χ1n) is 5.10. The van der Waals surface area contributed by atoms with Crippen LogP contribution >= 0.6 is 0 Å². The van der Waals surface area contributed by atoms with E-state index in [9.17, 15) is 4.79 Å². The van der Waals surface area contributed by atoms with Crippen LogP contribution in [0.15, 0.2) is 0 Å². The molecule has 5 nitrogen and oxygen atoms in total. The lowest BCUT2D eigenvalue weighted by Gasteiger charge is -2.31. The van der Waals surface area contributed by atoms with Gasteiger partial charge in [-0.1, -0.05) is 0 Å². The van der Waals surface area contributed by atoms with Crippen molar-refractivity contribution in [3.05, 3.63) is 0 Å². The number of nitrogens with one attached hydrogen (secondary N) is 1. The number of fused-ring (bicyclic) bond motifs is 1. The molecule has 0 aromatic heterocycles. The van der Waals surface area contributed by atoms with Crippen molar-refractivity contribution in [2.75, 3.05) is 20.2 Å². The predicted octanol–water partition coefficient (Wildman–Crippen LogP) is -0.324. The van der Waals surface area contributed by atoms with Crippen LogP contribution in [0.2, 0.25) is 0 Å². The highest BCUT2D eigenvalue weighted by Gasteiger charge is 2.45. The second-order valence-corrected chi connectivity index (χ2v) is 4.00. The number of hydrogen-bond acceptors (Lipinski definition) is 5. The summed E-state index contributed by atoms with van der Waals surface area (Å²) in [5.41, 5.74) is 0. The van der Waals surface area contributed by atoms with Crippen LogP contribution < -0.4 is 5.32 Å². The number of esters is 1. The van der Waals surface area contributed by atoms with E-state index < -0.39 is 0 Å². The summed E-state index contributed by atoms with van der Waals surface area (Å²) in [5, 5.41) is 12.0. The van der Waals surface area contributed by atoms with Crippen molar-refractivity contribution in [2.45, 2.75) is 18.6 Å². The van der Waals surface area contributed by atoms with E-state index in [2.05, 4.69) is 11.4 Å². The molecule has 0 saturated carbocycles. The normalized spacial score (nSPS) is 39.2. The molecule has 2 aliphatic heterocycles. The fourth-order valence-electron chi connectivity index (χ4n) is 2.38. The van der Waals surface area contributed by atoms with Crippen LogP contribution in [0.1, 0.15) is 6.42 Å². The van der Waals surface area contributed by atoms with Gasteiger partial charge in [0.2, 0.25) is 0 Å². The largest absolute Gasteiger partial charge is 0.469 e. The Labute approximate surface area is 88.3 Å². The van der Waals surface area contributed by atoms with Crippen LogP contribution in [-0.4, -0.2) is 38.4 Å². The van der Waals surface area contributed by atoms with Gasteiger partial charge in [-0.25, -0.2) is 0 Å². The monoisotopic (exact) mass is 210 g/mol. The molecular formula is C10H14N2O3. The van der Waals surface area contributed by atoms with E-state index in [0.29, 0.717) is 13.0 Å². The Morgan fingerprint density at radius 1 is 1.60 bits per heavy atom. The molecule has 2 saturated heterocycles. The molecule has 0 aromatic rings. The molecule has 0 aromatic carbocycles. The summed E-state index contributed by atoms with van der Waals surface area (Å²) >= 11 is 0. The van der Waals surface area contributed by atoms with Gasteiger partial charge >= 0.3 is 5.97 Å². The van der Waals surface area contributed by atoms with E-state index in [1.165, 1.54) is 7.11 Å². The van der Waals surface area contributed by atoms with Crippen LogP contribution in [0.25, 0.3) is 0 Å². The average Bonchev–Trinajstić information content (AvgIpc) is 2.70. The van der Waals surface area contributed by atoms with Crippen molar-refractivity contribution in [1.29, 1.82) is 5.26 Å². The Kier molecular flexibility index (Phi) is 2.89. The minimum atomic E-state index is -0.368. The number of methoxy groups -OCH3 is 1. The van der Waals surface area contributed by atoms with E-state index in [1.54, 1.807) is 0 Å². The topological polar surface area (TPSA) is 71.3 Å². The molecule has 1 N–H and O–H groups in total. The Morgan fingerprint density at radius 3 is 3.07 bits per heavy atom. The SMILES string of the molecule is COC(=O)C1CNCC2CC(C#N)OC21. The number of carbonyl (C=O) groups excluding carboxylic acids is 1. The maximum Gasteiger partial charge on any atom is 0.312 e. The number of nitriles is 1. The van der Waals surface area contributed by atoms with Gasteiger partial charge in [-0.2, -0.15) is 5.26 Å². The summed E-state index contributed by atoms with van der Waals surface area (Å²) in [6, 6.07) is 2.10. The van der Waals surface area contributed by atoms with Crippen molar-refractivity contribution in [2.24, 2.45) is 11.8 Å². The zero-order valence-electron chi connectivity index (χ0n) is 8.60. The minimum absolute atomic E-state index is 0.150. The average molecular weight is 210 g/mol. The first-order valence-corrected chi connectivity index (χ1v) is 5.10. The van der Waals surface area contributed by atoms with Crippen molar-refractivity contribution in [3.63, 3.8) is 0 Å². The molecule has 0 aliphatic carbocycles. The lowest BCUT2D eigenvalue weighted by Crippen LogP contribution is -2.48. The summed E-state index contributed by atoms with van der Waals surface area (Å²) in [4.78, 5) is 11.5. The van der Waals surface area contributed by atoms with Gasteiger partial charge in [0.25, 0.3) is 0 Å². The highest BCUT2D eigenvalue weighted by Crippen LogP contribution is 2.33. The fourth-order valence-corrected chi connectivity index (χ4v) is 2.38. The first-order chi connectivity index (χ1) is 7.26. The second-order valence-electron chi connectivity index (χ2n) is 4.00. The quantitative estimate of drug-likeness (QED) is 0.600. The second kappa shape index (κ2) is 4.17. The molecule has 2 rings (SSSR count). The molecule has 0 spiro atoms. The smallest absolute Gasteiger partial charge is 0.312 e. The molecule has 2 heterocycles. The highest BCUT2D eigenvalue weighted by atomic mass is 16.5. The Hall–Kier alpha value is -1.12. The molecular weight excluding hydrogens is 196 g/mol. The highest BCUT2D eigenvalue weighted by molar-refractivity contribution is 5.73. The molecule has 82 valence electrons. The number of hydrogen-bond donors (Lipinski definition) is 1. The summed E-state index contributed by atoms with van der Waals surface area (Å²) in [6.07, 6.45) is 0.192. The van der Waals surface area contributed by atoms with Crippen LogP contribution in [-0.2, 0) is 14.3 Å². The van der Waals surface area contributed by atoms with Crippen LogP contribution in [0.4, 0.5) is 0 Å². The van der Waals surface area contributed by atoms with Crippen LogP contribution in [0, 0.1) is 23.2 Å².